The van der Waals surface area contributed by atoms with E-state index in [0.717, 1.165) is 30.5 Å². The summed E-state index contributed by atoms with van der Waals surface area (Å²) in [6, 6.07) is 1.64. The summed E-state index contributed by atoms with van der Waals surface area (Å²) in [7, 11) is 0. The van der Waals surface area contributed by atoms with E-state index in [2.05, 4.69) is 22.5 Å². The van der Waals surface area contributed by atoms with Gasteiger partial charge in [-0.2, -0.15) is 0 Å². The maximum absolute atomic E-state index is 4.37. The third-order valence-electron chi connectivity index (χ3n) is 3.98. The van der Waals surface area contributed by atoms with Crippen molar-refractivity contribution in [3.05, 3.63) is 12.2 Å². The van der Waals surface area contributed by atoms with Gasteiger partial charge >= 0.3 is 0 Å². The van der Waals surface area contributed by atoms with Crippen LogP contribution >= 0.6 is 0 Å². The molecule has 3 aliphatic rings. The molecule has 0 aromatic carbocycles. The van der Waals surface area contributed by atoms with Gasteiger partial charge in [-0.15, -0.1) is 0 Å². The fourth-order valence-electron chi connectivity index (χ4n) is 3.25. The summed E-state index contributed by atoms with van der Waals surface area (Å²) in [5, 5.41) is 3.70. The molecular formula is C12H18N2. The van der Waals surface area contributed by atoms with Gasteiger partial charge in [0.2, 0.25) is 0 Å². The molecule has 0 aliphatic carbocycles. The molecule has 2 nitrogen and oxygen atoms in total. The lowest BCUT2D eigenvalue weighted by molar-refractivity contribution is 0.249. The van der Waals surface area contributed by atoms with Crippen molar-refractivity contribution in [2.45, 2.75) is 37.8 Å². The van der Waals surface area contributed by atoms with E-state index in [1.165, 1.54) is 25.7 Å². The van der Waals surface area contributed by atoms with Crippen LogP contribution in [0.1, 0.15) is 25.7 Å². The minimum atomic E-state index is 0.727. The zero-order chi connectivity index (χ0) is 9.38. The quantitative estimate of drug-likeness (QED) is 0.669. The molecule has 14 heavy (non-hydrogen) atoms. The minimum Gasteiger partial charge on any atom is -0.311 e. The van der Waals surface area contributed by atoms with Crippen LogP contribution in [0.4, 0.5) is 0 Å². The van der Waals surface area contributed by atoms with Gasteiger partial charge in [-0.05, 0) is 43.6 Å². The molecule has 0 aromatic heterocycles. The topological polar surface area (TPSA) is 24.4 Å². The molecule has 0 spiro atoms. The third-order valence-corrected chi connectivity index (χ3v) is 3.98. The van der Waals surface area contributed by atoms with Crippen LogP contribution in [0.25, 0.3) is 0 Å². The standard InChI is InChI=1S/C12H18N2/c1-2-9(8-13-5-1)10-6-11-3-4-12(7-10)14-11/h1-2,5,9-12,14H,3-4,6-8H2/t9?,10?,11-,12+. The highest BCUT2D eigenvalue weighted by atomic mass is 15.0. The highest BCUT2D eigenvalue weighted by Gasteiger charge is 2.36. The van der Waals surface area contributed by atoms with Crippen molar-refractivity contribution in [1.82, 2.24) is 5.32 Å². The van der Waals surface area contributed by atoms with Crippen molar-refractivity contribution in [3.8, 4) is 0 Å². The number of fused-ring (bicyclic) bond motifs is 2. The Morgan fingerprint density at radius 1 is 1.14 bits per heavy atom. The summed E-state index contributed by atoms with van der Waals surface area (Å²) in [4.78, 5) is 4.37. The molecule has 4 atom stereocenters. The molecule has 76 valence electrons. The highest BCUT2D eigenvalue weighted by Crippen LogP contribution is 2.36. The number of nitrogens with zero attached hydrogens (tertiary/aromatic N) is 1. The maximum Gasteiger partial charge on any atom is 0.0454 e. The van der Waals surface area contributed by atoms with Gasteiger partial charge in [0, 0.05) is 24.8 Å². The Kier molecular flexibility index (Phi) is 2.17. The van der Waals surface area contributed by atoms with Crippen LogP contribution in [0.3, 0.4) is 0 Å². The molecule has 2 unspecified atom stereocenters. The monoisotopic (exact) mass is 190 g/mol. The molecule has 0 radical (unpaired) electrons. The number of aliphatic imine (C=N–C) groups is 1. The number of hydrogen-bond acceptors (Lipinski definition) is 2. The Bertz CT molecular complexity index is 257. The number of nitrogens with one attached hydrogen (secondary N) is 1. The van der Waals surface area contributed by atoms with Gasteiger partial charge in [-0.3, -0.25) is 4.99 Å². The first kappa shape index (κ1) is 8.66. The van der Waals surface area contributed by atoms with E-state index in [4.69, 9.17) is 0 Å². The van der Waals surface area contributed by atoms with E-state index in [9.17, 15) is 0 Å². The molecule has 0 saturated carbocycles. The van der Waals surface area contributed by atoms with Crippen molar-refractivity contribution in [2.24, 2.45) is 16.8 Å². The van der Waals surface area contributed by atoms with Crippen molar-refractivity contribution in [2.75, 3.05) is 6.54 Å². The molecule has 2 fully saturated rings. The first-order chi connectivity index (χ1) is 6.92. The van der Waals surface area contributed by atoms with Crippen molar-refractivity contribution < 1.29 is 0 Å². The largest absolute Gasteiger partial charge is 0.311 e. The molecule has 2 bridgehead atoms. The highest BCUT2D eigenvalue weighted by molar-refractivity contribution is 5.71. The zero-order valence-corrected chi connectivity index (χ0v) is 8.52. The average Bonchev–Trinajstić information content (AvgIpc) is 2.59. The zero-order valence-electron chi connectivity index (χ0n) is 8.52. The van der Waals surface area contributed by atoms with Crippen molar-refractivity contribution in [3.63, 3.8) is 0 Å². The molecule has 2 heteroatoms. The second kappa shape index (κ2) is 3.50. The summed E-state index contributed by atoms with van der Waals surface area (Å²) < 4.78 is 0. The van der Waals surface area contributed by atoms with E-state index < -0.39 is 0 Å². The molecule has 0 aromatic rings. The predicted molar refractivity (Wildman–Crippen MR) is 58.7 cm³/mol. The molecular weight excluding hydrogens is 172 g/mol. The Morgan fingerprint density at radius 2 is 1.93 bits per heavy atom. The van der Waals surface area contributed by atoms with E-state index in [-0.39, 0.29) is 0 Å². The molecule has 2 saturated heterocycles. The molecule has 3 heterocycles. The maximum atomic E-state index is 4.37. The minimum absolute atomic E-state index is 0.727. The average molecular weight is 190 g/mol. The lowest BCUT2D eigenvalue weighted by Gasteiger charge is -2.33. The molecule has 3 rings (SSSR count). The number of piperidine rings is 1. The van der Waals surface area contributed by atoms with Crippen LogP contribution in [-0.4, -0.2) is 24.8 Å². The van der Waals surface area contributed by atoms with Crippen molar-refractivity contribution in [1.29, 1.82) is 0 Å². The van der Waals surface area contributed by atoms with Crippen LogP contribution in [0.15, 0.2) is 17.1 Å². The number of rotatable bonds is 1. The predicted octanol–water partition coefficient (Wildman–Crippen LogP) is 1.77. The summed E-state index contributed by atoms with van der Waals surface area (Å²) in [6.45, 7) is 1.03. The summed E-state index contributed by atoms with van der Waals surface area (Å²) in [5.41, 5.74) is 0. The van der Waals surface area contributed by atoms with Gasteiger partial charge in [0.15, 0.2) is 0 Å². The molecule has 0 amide bonds. The molecule has 1 N–H and O–H groups in total. The van der Waals surface area contributed by atoms with E-state index in [1.54, 1.807) is 0 Å². The number of hydrogen-bond donors (Lipinski definition) is 1. The van der Waals surface area contributed by atoms with Gasteiger partial charge in [0.1, 0.15) is 0 Å². The summed E-state index contributed by atoms with van der Waals surface area (Å²) >= 11 is 0. The third kappa shape index (κ3) is 1.52. The van der Waals surface area contributed by atoms with E-state index >= 15 is 0 Å². The lowest BCUT2D eigenvalue weighted by atomic mass is 9.81. The normalized spacial score (nSPS) is 45.7. The second-order valence-corrected chi connectivity index (χ2v) is 4.93. The van der Waals surface area contributed by atoms with Crippen molar-refractivity contribution >= 4 is 6.21 Å². The van der Waals surface area contributed by atoms with Crippen LogP contribution in [-0.2, 0) is 0 Å². The van der Waals surface area contributed by atoms with Crippen LogP contribution in [0, 0.1) is 11.8 Å². The summed E-state index contributed by atoms with van der Waals surface area (Å²) in [6.07, 6.45) is 12.0. The van der Waals surface area contributed by atoms with Crippen LogP contribution in [0.2, 0.25) is 0 Å². The van der Waals surface area contributed by atoms with Gasteiger partial charge < -0.3 is 5.32 Å². The van der Waals surface area contributed by atoms with Crippen LogP contribution < -0.4 is 5.32 Å². The lowest BCUT2D eigenvalue weighted by Crippen LogP contribution is -2.40. The Labute approximate surface area is 85.5 Å². The van der Waals surface area contributed by atoms with E-state index in [0.29, 0.717) is 0 Å². The first-order valence-electron chi connectivity index (χ1n) is 5.84. The van der Waals surface area contributed by atoms with Gasteiger partial charge in [0.05, 0.1) is 0 Å². The Hall–Kier alpha value is -0.630. The van der Waals surface area contributed by atoms with Gasteiger partial charge in [-0.1, -0.05) is 6.08 Å². The van der Waals surface area contributed by atoms with E-state index in [1.807, 2.05) is 6.21 Å². The Morgan fingerprint density at radius 3 is 2.57 bits per heavy atom. The number of dihydropyridines is 1. The Balaban J connectivity index is 1.68. The fraction of sp³-hybridized carbons (Fsp3) is 0.750. The van der Waals surface area contributed by atoms with Gasteiger partial charge in [0.25, 0.3) is 0 Å². The first-order valence-corrected chi connectivity index (χ1v) is 5.84. The fourth-order valence-corrected chi connectivity index (χ4v) is 3.25. The smallest absolute Gasteiger partial charge is 0.0454 e. The number of allylic oxidation sites excluding steroid dienone is 1. The SMILES string of the molecule is C1=CC(C2C[C@H]3CC[C@@H](C2)N3)CN=C1. The van der Waals surface area contributed by atoms with Crippen LogP contribution in [0.5, 0.6) is 0 Å². The van der Waals surface area contributed by atoms with Gasteiger partial charge in [-0.25, -0.2) is 0 Å². The summed E-state index contributed by atoms with van der Waals surface area (Å²) in [5.74, 6) is 1.62. The molecule has 3 aliphatic heterocycles. The second-order valence-electron chi connectivity index (χ2n) is 4.93.